The van der Waals surface area contributed by atoms with Crippen LogP contribution in [-0.4, -0.2) is 35.3 Å². The molecule has 0 unspecified atom stereocenters. The maximum absolute atomic E-state index is 13.4. The SMILES string of the molecule is Cc1nc(-c2ccc(F)c(F)c2)sc1C(=O)NS(=O)(=O)c1ccn(CC(F)(F)F)n1. The van der Waals surface area contributed by atoms with Gasteiger partial charge in [-0.2, -0.15) is 26.7 Å². The molecule has 0 fully saturated rings. The number of nitrogens with zero attached hydrogens (tertiary/aromatic N) is 3. The van der Waals surface area contributed by atoms with Gasteiger partial charge in [0.1, 0.15) is 16.4 Å². The summed E-state index contributed by atoms with van der Waals surface area (Å²) in [6.07, 6.45) is -3.79. The summed E-state index contributed by atoms with van der Waals surface area (Å²) in [6, 6.07) is 3.80. The molecule has 160 valence electrons. The molecule has 3 rings (SSSR count). The number of sulfonamides is 1. The van der Waals surface area contributed by atoms with Crippen molar-refractivity contribution in [2.75, 3.05) is 0 Å². The highest BCUT2D eigenvalue weighted by Gasteiger charge is 2.30. The van der Waals surface area contributed by atoms with E-state index in [2.05, 4.69) is 10.1 Å². The average molecular weight is 466 g/mol. The average Bonchev–Trinajstić information content (AvgIpc) is 3.22. The van der Waals surface area contributed by atoms with Crippen molar-refractivity contribution in [2.45, 2.75) is 24.7 Å². The van der Waals surface area contributed by atoms with Crippen LogP contribution >= 0.6 is 11.3 Å². The Bertz CT molecular complexity index is 1220. The van der Waals surface area contributed by atoms with Gasteiger partial charge >= 0.3 is 6.18 Å². The first-order valence-electron chi connectivity index (χ1n) is 7.96. The zero-order valence-electron chi connectivity index (χ0n) is 14.9. The molecule has 14 heteroatoms. The lowest BCUT2D eigenvalue weighted by molar-refractivity contribution is -0.142. The zero-order chi connectivity index (χ0) is 22.3. The van der Waals surface area contributed by atoms with Crippen LogP contribution in [0.4, 0.5) is 22.0 Å². The van der Waals surface area contributed by atoms with Crippen LogP contribution in [0.15, 0.2) is 35.5 Å². The first-order valence-corrected chi connectivity index (χ1v) is 10.3. The summed E-state index contributed by atoms with van der Waals surface area (Å²) in [4.78, 5) is 16.3. The number of carbonyl (C=O) groups excluding carboxylic acids is 1. The van der Waals surface area contributed by atoms with Gasteiger partial charge in [-0.1, -0.05) is 0 Å². The molecule has 0 aliphatic heterocycles. The van der Waals surface area contributed by atoms with E-state index in [1.165, 1.54) is 13.0 Å². The highest BCUT2D eigenvalue weighted by molar-refractivity contribution is 7.90. The number of benzene rings is 1. The normalized spacial score (nSPS) is 12.2. The molecule has 0 spiro atoms. The Morgan fingerprint density at radius 2 is 1.90 bits per heavy atom. The minimum atomic E-state index is -4.60. The Morgan fingerprint density at radius 1 is 1.20 bits per heavy atom. The molecule has 0 bridgehead atoms. The molecule has 0 atom stereocenters. The highest BCUT2D eigenvalue weighted by Crippen LogP contribution is 2.29. The Labute approximate surface area is 170 Å². The second kappa shape index (κ2) is 7.75. The van der Waals surface area contributed by atoms with Crippen LogP contribution in [0.25, 0.3) is 10.6 Å². The lowest BCUT2D eigenvalue weighted by atomic mass is 10.2. The van der Waals surface area contributed by atoms with Crippen molar-refractivity contribution in [2.24, 2.45) is 0 Å². The molecule has 7 nitrogen and oxygen atoms in total. The molecule has 30 heavy (non-hydrogen) atoms. The largest absolute Gasteiger partial charge is 0.408 e. The Hall–Kier alpha value is -2.87. The lowest BCUT2D eigenvalue weighted by Gasteiger charge is -2.06. The molecule has 0 aliphatic rings. The number of hydrogen-bond acceptors (Lipinski definition) is 6. The van der Waals surface area contributed by atoms with E-state index in [1.807, 2.05) is 0 Å². The molecular weight excluding hydrogens is 455 g/mol. The third-order valence-corrected chi connectivity index (χ3v) is 6.06. The summed E-state index contributed by atoms with van der Waals surface area (Å²) < 4.78 is 90.2. The second-order valence-corrected chi connectivity index (χ2v) is 8.59. The molecule has 0 saturated carbocycles. The number of rotatable bonds is 5. The van der Waals surface area contributed by atoms with Gasteiger partial charge < -0.3 is 0 Å². The number of aryl methyl sites for hydroxylation is 1. The molecule has 2 heterocycles. The van der Waals surface area contributed by atoms with E-state index in [4.69, 9.17) is 0 Å². The van der Waals surface area contributed by atoms with Gasteiger partial charge in [-0.3, -0.25) is 9.48 Å². The second-order valence-electron chi connectivity index (χ2n) is 5.96. The monoisotopic (exact) mass is 466 g/mol. The highest BCUT2D eigenvalue weighted by atomic mass is 32.2. The summed E-state index contributed by atoms with van der Waals surface area (Å²) in [5.74, 6) is -3.28. The van der Waals surface area contributed by atoms with E-state index in [0.29, 0.717) is 4.68 Å². The number of alkyl halides is 3. The molecule has 0 radical (unpaired) electrons. The molecule has 0 saturated heterocycles. The van der Waals surface area contributed by atoms with Gasteiger partial charge in [0.25, 0.3) is 15.9 Å². The molecule has 1 N–H and O–H groups in total. The lowest BCUT2D eigenvalue weighted by Crippen LogP contribution is -2.31. The van der Waals surface area contributed by atoms with Crippen LogP contribution in [0.2, 0.25) is 0 Å². The molecule has 2 aromatic heterocycles. The minimum Gasteiger partial charge on any atom is -0.267 e. The van der Waals surface area contributed by atoms with Gasteiger partial charge in [0, 0.05) is 11.8 Å². The quantitative estimate of drug-likeness (QED) is 0.583. The first-order chi connectivity index (χ1) is 13.9. The zero-order valence-corrected chi connectivity index (χ0v) is 16.5. The number of nitrogens with one attached hydrogen (secondary N) is 1. The fraction of sp³-hybridized carbons (Fsp3) is 0.188. The molecule has 0 aliphatic carbocycles. The number of aromatic nitrogens is 3. The predicted molar refractivity (Wildman–Crippen MR) is 95.1 cm³/mol. The first kappa shape index (κ1) is 21.8. The third-order valence-electron chi connectivity index (χ3n) is 3.63. The van der Waals surface area contributed by atoms with E-state index in [-0.39, 0.29) is 21.1 Å². The van der Waals surface area contributed by atoms with Gasteiger partial charge in [0.15, 0.2) is 16.7 Å². The fourth-order valence-electron chi connectivity index (χ4n) is 2.34. The Balaban J connectivity index is 1.82. The summed E-state index contributed by atoms with van der Waals surface area (Å²) in [5.41, 5.74) is 0.296. The van der Waals surface area contributed by atoms with Crippen molar-refractivity contribution in [3.8, 4) is 10.6 Å². The van der Waals surface area contributed by atoms with Gasteiger partial charge in [-0.05, 0) is 31.2 Å². The van der Waals surface area contributed by atoms with Crippen molar-refractivity contribution in [1.29, 1.82) is 0 Å². The summed E-state index contributed by atoms with van der Waals surface area (Å²) >= 11 is 0.733. The van der Waals surface area contributed by atoms with Crippen molar-refractivity contribution < 1.29 is 35.2 Å². The van der Waals surface area contributed by atoms with Crippen LogP contribution in [0.3, 0.4) is 0 Å². The molecule has 1 aromatic carbocycles. The van der Waals surface area contributed by atoms with Crippen LogP contribution in [0.5, 0.6) is 0 Å². The third kappa shape index (κ3) is 4.81. The number of amides is 1. The van der Waals surface area contributed by atoms with E-state index < -0.39 is 45.3 Å². The molecule has 3 aromatic rings. The van der Waals surface area contributed by atoms with Crippen LogP contribution in [0, 0.1) is 18.6 Å². The fourth-order valence-corrected chi connectivity index (χ4v) is 4.26. The van der Waals surface area contributed by atoms with Crippen molar-refractivity contribution in [1.82, 2.24) is 19.5 Å². The maximum Gasteiger partial charge on any atom is 0.408 e. The van der Waals surface area contributed by atoms with Crippen molar-refractivity contribution >= 4 is 27.3 Å². The number of halogens is 5. The van der Waals surface area contributed by atoms with E-state index >= 15 is 0 Å². The topological polar surface area (TPSA) is 94.0 Å². The summed E-state index contributed by atoms with van der Waals surface area (Å²) in [6.45, 7) is -0.0958. The van der Waals surface area contributed by atoms with Crippen LogP contribution in [0.1, 0.15) is 15.4 Å². The maximum atomic E-state index is 13.4. The predicted octanol–water partition coefficient (Wildman–Crippen LogP) is 3.27. The number of hydrogen-bond donors (Lipinski definition) is 1. The van der Waals surface area contributed by atoms with E-state index in [1.54, 1.807) is 4.72 Å². The smallest absolute Gasteiger partial charge is 0.267 e. The van der Waals surface area contributed by atoms with Crippen LogP contribution in [-0.2, 0) is 16.6 Å². The van der Waals surface area contributed by atoms with Gasteiger partial charge in [-0.25, -0.2) is 18.5 Å². The molecular formula is C16H11F5N4O3S2. The number of carbonyl (C=O) groups is 1. The standard InChI is InChI=1S/C16H11F5N4O3S2/c1-8-13(29-15(22-8)9-2-3-10(17)11(18)6-9)14(26)24-30(27,28)12-4-5-25(23-12)7-16(19,20)21/h2-6H,7H2,1H3,(H,24,26). The van der Waals surface area contributed by atoms with Crippen LogP contribution < -0.4 is 4.72 Å². The molecule has 1 amide bonds. The number of thiazole rings is 1. The van der Waals surface area contributed by atoms with Gasteiger partial charge in [0.2, 0.25) is 0 Å². The summed E-state index contributed by atoms with van der Waals surface area (Å²) in [7, 11) is -4.56. The summed E-state index contributed by atoms with van der Waals surface area (Å²) in [5, 5.41) is 2.68. The Kier molecular flexibility index (Phi) is 5.64. The van der Waals surface area contributed by atoms with E-state index in [0.717, 1.165) is 35.7 Å². The van der Waals surface area contributed by atoms with Crippen molar-refractivity contribution in [3.63, 3.8) is 0 Å². The van der Waals surface area contributed by atoms with Gasteiger partial charge in [0.05, 0.1) is 5.69 Å². The van der Waals surface area contributed by atoms with Crippen molar-refractivity contribution in [3.05, 3.63) is 52.7 Å². The van der Waals surface area contributed by atoms with E-state index in [9.17, 15) is 35.2 Å². The minimum absolute atomic E-state index is 0.120. The Morgan fingerprint density at radius 3 is 2.53 bits per heavy atom. The van der Waals surface area contributed by atoms with Gasteiger partial charge in [-0.15, -0.1) is 11.3 Å².